The van der Waals surface area contributed by atoms with E-state index in [4.69, 9.17) is 25.8 Å². The van der Waals surface area contributed by atoms with E-state index in [1.54, 1.807) is 7.11 Å². The molecule has 0 fully saturated rings. The summed E-state index contributed by atoms with van der Waals surface area (Å²) >= 11 is 6.05. The zero-order valence-electron chi connectivity index (χ0n) is 11.7. The van der Waals surface area contributed by atoms with Gasteiger partial charge in [-0.15, -0.1) is 0 Å². The molecule has 0 N–H and O–H groups in total. The molecule has 0 saturated heterocycles. The Morgan fingerprint density at radius 3 is 2.63 bits per heavy atom. The second-order valence-corrected chi connectivity index (χ2v) is 4.70. The second-order valence-electron chi connectivity index (χ2n) is 4.35. The van der Waals surface area contributed by atoms with Gasteiger partial charge >= 0.3 is 0 Å². The highest BCUT2D eigenvalue weighted by molar-refractivity contribution is 6.30. The minimum Gasteiger partial charge on any atom is -0.475 e. The van der Waals surface area contributed by atoms with E-state index in [0.29, 0.717) is 37.5 Å². The number of nitrogens with zero attached hydrogens (tertiary/aromatic N) is 2. The largest absolute Gasteiger partial charge is 0.475 e. The molecular formula is C13H21ClN2O3. The minimum atomic E-state index is 0.214. The molecule has 1 rings (SSSR count). The predicted octanol–water partition coefficient (Wildman–Crippen LogP) is 2.69. The van der Waals surface area contributed by atoms with E-state index in [9.17, 15) is 0 Å². The van der Waals surface area contributed by atoms with Crippen LogP contribution < -0.4 is 4.74 Å². The highest BCUT2D eigenvalue weighted by atomic mass is 35.5. The third-order valence-corrected chi connectivity index (χ3v) is 2.78. The molecule has 0 amide bonds. The van der Waals surface area contributed by atoms with Gasteiger partial charge in [0.1, 0.15) is 18.1 Å². The molecule has 0 atom stereocenters. The molecule has 0 spiro atoms. The van der Waals surface area contributed by atoms with Crippen LogP contribution >= 0.6 is 11.6 Å². The maximum absolute atomic E-state index is 6.05. The van der Waals surface area contributed by atoms with Crippen molar-refractivity contribution in [2.45, 2.75) is 26.2 Å². The third kappa shape index (κ3) is 5.72. The molecule has 6 heteroatoms. The van der Waals surface area contributed by atoms with Gasteiger partial charge < -0.3 is 14.2 Å². The lowest BCUT2D eigenvalue weighted by atomic mass is 10.1. The van der Waals surface area contributed by atoms with Gasteiger partial charge in [0.2, 0.25) is 5.88 Å². The maximum atomic E-state index is 6.05. The first-order valence-electron chi connectivity index (χ1n) is 6.36. The number of halogens is 1. The third-order valence-electron chi connectivity index (χ3n) is 2.48. The van der Waals surface area contributed by atoms with E-state index in [1.165, 1.54) is 6.33 Å². The lowest BCUT2D eigenvalue weighted by Gasteiger charge is -2.13. The van der Waals surface area contributed by atoms with Gasteiger partial charge in [-0.25, -0.2) is 9.97 Å². The monoisotopic (exact) mass is 288 g/mol. The van der Waals surface area contributed by atoms with Crippen LogP contribution in [0.1, 0.15) is 31.7 Å². The van der Waals surface area contributed by atoms with Crippen LogP contribution in [0.5, 0.6) is 5.88 Å². The van der Waals surface area contributed by atoms with Crippen LogP contribution in [-0.2, 0) is 9.47 Å². The molecule has 0 bridgehead atoms. The van der Waals surface area contributed by atoms with Gasteiger partial charge in [-0.05, 0) is 12.3 Å². The fraction of sp³-hybridized carbons (Fsp3) is 0.692. The first-order chi connectivity index (χ1) is 9.16. The molecule has 0 unspecified atom stereocenters. The molecule has 0 aliphatic rings. The SMILES string of the molecule is COCCCOCCOc1ncnc(Cl)c1C(C)C. The van der Waals surface area contributed by atoms with Gasteiger partial charge in [0.25, 0.3) is 0 Å². The van der Waals surface area contributed by atoms with E-state index < -0.39 is 0 Å². The molecule has 1 heterocycles. The Bertz CT molecular complexity index is 375. The summed E-state index contributed by atoms with van der Waals surface area (Å²) in [5.74, 6) is 0.752. The quantitative estimate of drug-likeness (QED) is 0.516. The summed E-state index contributed by atoms with van der Waals surface area (Å²) in [6.07, 6.45) is 2.29. The first kappa shape index (κ1) is 16.1. The van der Waals surface area contributed by atoms with Crippen molar-refractivity contribution in [3.05, 3.63) is 17.0 Å². The Balaban J connectivity index is 2.35. The van der Waals surface area contributed by atoms with Crippen molar-refractivity contribution in [2.75, 3.05) is 33.5 Å². The normalized spacial score (nSPS) is 11.0. The summed E-state index contributed by atoms with van der Waals surface area (Å²) in [5.41, 5.74) is 0.837. The minimum absolute atomic E-state index is 0.214. The summed E-state index contributed by atoms with van der Waals surface area (Å²) < 4.78 is 15.9. The summed E-state index contributed by atoms with van der Waals surface area (Å²) in [6.45, 7) is 6.39. The van der Waals surface area contributed by atoms with Crippen molar-refractivity contribution in [2.24, 2.45) is 0 Å². The fourth-order valence-corrected chi connectivity index (χ4v) is 1.91. The number of methoxy groups -OCH3 is 1. The van der Waals surface area contributed by atoms with Gasteiger partial charge in [-0.3, -0.25) is 0 Å². The highest BCUT2D eigenvalue weighted by Gasteiger charge is 2.14. The molecule has 0 aliphatic heterocycles. The van der Waals surface area contributed by atoms with Crippen molar-refractivity contribution in [1.82, 2.24) is 9.97 Å². The molecule has 0 saturated carbocycles. The Hall–Kier alpha value is -0.910. The number of hydrogen-bond acceptors (Lipinski definition) is 5. The lowest BCUT2D eigenvalue weighted by Crippen LogP contribution is -2.11. The van der Waals surface area contributed by atoms with E-state index in [-0.39, 0.29) is 5.92 Å². The molecule has 0 aromatic carbocycles. The van der Waals surface area contributed by atoms with Crippen molar-refractivity contribution in [1.29, 1.82) is 0 Å². The fourth-order valence-electron chi connectivity index (χ4n) is 1.56. The van der Waals surface area contributed by atoms with Crippen LogP contribution in [0.2, 0.25) is 5.15 Å². The van der Waals surface area contributed by atoms with Crippen LogP contribution in [0.3, 0.4) is 0 Å². The Labute approximate surface area is 119 Å². The van der Waals surface area contributed by atoms with Gasteiger partial charge in [0, 0.05) is 20.3 Å². The van der Waals surface area contributed by atoms with Gasteiger partial charge in [-0.2, -0.15) is 0 Å². The summed E-state index contributed by atoms with van der Waals surface area (Å²) in [4.78, 5) is 8.08. The predicted molar refractivity (Wildman–Crippen MR) is 73.9 cm³/mol. The number of hydrogen-bond donors (Lipinski definition) is 0. The van der Waals surface area contributed by atoms with Crippen molar-refractivity contribution in [3.8, 4) is 5.88 Å². The van der Waals surface area contributed by atoms with Crippen LogP contribution in [-0.4, -0.2) is 43.5 Å². The molecular weight excluding hydrogens is 268 g/mol. The van der Waals surface area contributed by atoms with Crippen molar-refractivity contribution in [3.63, 3.8) is 0 Å². The Morgan fingerprint density at radius 1 is 1.16 bits per heavy atom. The van der Waals surface area contributed by atoms with Gasteiger partial charge in [0.05, 0.1) is 12.2 Å². The summed E-state index contributed by atoms with van der Waals surface area (Å²) in [5, 5.41) is 0.445. The zero-order valence-corrected chi connectivity index (χ0v) is 12.4. The smallest absolute Gasteiger partial charge is 0.221 e. The van der Waals surface area contributed by atoms with Gasteiger partial charge in [0.15, 0.2) is 0 Å². The molecule has 0 aliphatic carbocycles. The molecule has 19 heavy (non-hydrogen) atoms. The maximum Gasteiger partial charge on any atom is 0.221 e. The molecule has 5 nitrogen and oxygen atoms in total. The first-order valence-corrected chi connectivity index (χ1v) is 6.74. The number of rotatable bonds is 9. The summed E-state index contributed by atoms with van der Waals surface area (Å²) in [7, 11) is 1.68. The molecule has 0 radical (unpaired) electrons. The number of aromatic nitrogens is 2. The Morgan fingerprint density at radius 2 is 1.95 bits per heavy atom. The van der Waals surface area contributed by atoms with E-state index in [1.807, 2.05) is 13.8 Å². The molecule has 1 aromatic rings. The number of ether oxygens (including phenoxy) is 3. The second kappa shape index (κ2) is 9.07. The van der Waals surface area contributed by atoms with Crippen LogP contribution in [0.15, 0.2) is 6.33 Å². The topological polar surface area (TPSA) is 53.5 Å². The van der Waals surface area contributed by atoms with E-state index >= 15 is 0 Å². The van der Waals surface area contributed by atoms with E-state index in [0.717, 1.165) is 12.0 Å². The van der Waals surface area contributed by atoms with Crippen LogP contribution in [0, 0.1) is 0 Å². The van der Waals surface area contributed by atoms with Crippen LogP contribution in [0.25, 0.3) is 0 Å². The van der Waals surface area contributed by atoms with Crippen molar-refractivity contribution < 1.29 is 14.2 Å². The summed E-state index contributed by atoms with van der Waals surface area (Å²) in [6, 6.07) is 0. The van der Waals surface area contributed by atoms with Gasteiger partial charge in [-0.1, -0.05) is 25.4 Å². The standard InChI is InChI=1S/C13H21ClN2O3/c1-10(2)11-12(14)15-9-16-13(11)19-8-7-18-6-4-5-17-3/h9-10H,4-8H2,1-3H3. The molecule has 1 aromatic heterocycles. The average Bonchev–Trinajstić information content (AvgIpc) is 2.37. The Kier molecular flexibility index (Phi) is 7.70. The molecule has 108 valence electrons. The highest BCUT2D eigenvalue weighted by Crippen LogP contribution is 2.29. The van der Waals surface area contributed by atoms with E-state index in [2.05, 4.69) is 9.97 Å². The zero-order chi connectivity index (χ0) is 14.1. The van der Waals surface area contributed by atoms with Crippen LogP contribution in [0.4, 0.5) is 0 Å². The lowest BCUT2D eigenvalue weighted by molar-refractivity contribution is 0.0792. The van der Waals surface area contributed by atoms with Crippen molar-refractivity contribution >= 4 is 11.6 Å². The average molecular weight is 289 g/mol.